The molecule has 0 rings (SSSR count). The van der Waals surface area contributed by atoms with Gasteiger partial charge in [0, 0.05) is 0 Å². The molecule has 0 aliphatic rings. The van der Waals surface area contributed by atoms with Gasteiger partial charge in [0.25, 0.3) is 0 Å². The van der Waals surface area contributed by atoms with Crippen LogP contribution in [0, 0.1) is 5.41 Å². The molecule has 0 heterocycles. The van der Waals surface area contributed by atoms with Crippen LogP contribution in [0.2, 0.25) is 0 Å². The van der Waals surface area contributed by atoms with Crippen molar-refractivity contribution < 1.29 is 4.79 Å². The van der Waals surface area contributed by atoms with Gasteiger partial charge in [-0.1, -0.05) is 33.3 Å². The van der Waals surface area contributed by atoms with Crippen LogP contribution >= 0.6 is 0 Å². The van der Waals surface area contributed by atoms with E-state index in [-0.39, 0.29) is 5.41 Å². The van der Waals surface area contributed by atoms with E-state index >= 15 is 0 Å². The fraction of sp³-hybridized carbons (Fsp3) is 0.700. The van der Waals surface area contributed by atoms with Crippen molar-refractivity contribution in [3.8, 4) is 0 Å². The molecule has 0 N–H and O–H groups in total. The highest BCUT2D eigenvalue weighted by atomic mass is 16.1. The second kappa shape index (κ2) is 4.32. The molecule has 0 bridgehead atoms. The summed E-state index contributed by atoms with van der Waals surface area (Å²) in [5.41, 5.74) is 1.44. The van der Waals surface area contributed by atoms with E-state index in [0.717, 1.165) is 19.1 Å². The van der Waals surface area contributed by atoms with Crippen LogP contribution < -0.4 is 0 Å². The second-order valence-corrected chi connectivity index (χ2v) is 3.42. The molecule has 0 aromatic heterocycles. The van der Waals surface area contributed by atoms with Gasteiger partial charge in [0.15, 0.2) is 0 Å². The van der Waals surface area contributed by atoms with Crippen molar-refractivity contribution in [3.05, 3.63) is 11.6 Å². The summed E-state index contributed by atoms with van der Waals surface area (Å²) in [4.78, 5) is 10.3. The van der Waals surface area contributed by atoms with Crippen molar-refractivity contribution in [2.24, 2.45) is 5.41 Å². The first kappa shape index (κ1) is 10.4. The normalized spacial score (nSPS) is 13.3. The van der Waals surface area contributed by atoms with Crippen LogP contribution in [-0.4, -0.2) is 6.29 Å². The molecule has 0 fully saturated rings. The lowest BCUT2D eigenvalue weighted by atomic mass is 9.80. The Labute approximate surface area is 69.5 Å². The van der Waals surface area contributed by atoms with Crippen molar-refractivity contribution >= 4 is 6.29 Å². The van der Waals surface area contributed by atoms with Gasteiger partial charge in [-0.2, -0.15) is 0 Å². The molecule has 0 aromatic rings. The number of rotatable bonds is 4. The number of carbonyl (C=O) groups is 1. The van der Waals surface area contributed by atoms with Gasteiger partial charge in [-0.25, -0.2) is 0 Å². The predicted octanol–water partition coefficient (Wildman–Crippen LogP) is 2.96. The Morgan fingerprint density at radius 3 is 2.18 bits per heavy atom. The first-order valence-electron chi connectivity index (χ1n) is 4.23. The molecule has 0 saturated carbocycles. The number of carbonyl (C=O) groups excluding carboxylic acids is 1. The molecule has 0 aliphatic heterocycles. The first-order chi connectivity index (χ1) is 5.08. The van der Waals surface area contributed by atoms with Crippen LogP contribution in [0.15, 0.2) is 11.6 Å². The average Bonchev–Trinajstić information content (AvgIpc) is 2.00. The van der Waals surface area contributed by atoms with Gasteiger partial charge in [-0.3, -0.25) is 4.79 Å². The van der Waals surface area contributed by atoms with E-state index in [9.17, 15) is 4.79 Å². The number of hydrogen-bond donors (Lipinski definition) is 0. The molecule has 0 atom stereocenters. The number of allylic oxidation sites excluding steroid dienone is 2. The van der Waals surface area contributed by atoms with Gasteiger partial charge in [-0.15, -0.1) is 0 Å². The van der Waals surface area contributed by atoms with Crippen molar-refractivity contribution in [1.29, 1.82) is 0 Å². The smallest absolute Gasteiger partial charge is 0.142 e. The minimum atomic E-state index is 0.190. The van der Waals surface area contributed by atoms with Crippen LogP contribution in [0.5, 0.6) is 0 Å². The SMILES string of the molecule is CC/C(=C\C=O)C(C)(C)CC. The summed E-state index contributed by atoms with van der Waals surface area (Å²) in [6.45, 7) is 8.58. The lowest BCUT2D eigenvalue weighted by Crippen LogP contribution is -2.12. The Bertz CT molecular complexity index is 154. The lowest BCUT2D eigenvalue weighted by molar-refractivity contribution is -0.104. The van der Waals surface area contributed by atoms with E-state index in [1.54, 1.807) is 6.08 Å². The fourth-order valence-corrected chi connectivity index (χ4v) is 1.13. The van der Waals surface area contributed by atoms with Gasteiger partial charge in [0.1, 0.15) is 6.29 Å². The van der Waals surface area contributed by atoms with Crippen molar-refractivity contribution in [1.82, 2.24) is 0 Å². The number of hydrogen-bond acceptors (Lipinski definition) is 1. The van der Waals surface area contributed by atoms with Crippen LogP contribution in [0.4, 0.5) is 0 Å². The Balaban J connectivity index is 4.48. The lowest BCUT2D eigenvalue weighted by Gasteiger charge is -2.25. The summed E-state index contributed by atoms with van der Waals surface area (Å²) in [5, 5.41) is 0. The molecule has 0 aliphatic carbocycles. The average molecular weight is 154 g/mol. The van der Waals surface area contributed by atoms with Gasteiger partial charge >= 0.3 is 0 Å². The Morgan fingerprint density at radius 2 is 1.91 bits per heavy atom. The predicted molar refractivity (Wildman–Crippen MR) is 48.5 cm³/mol. The monoisotopic (exact) mass is 154 g/mol. The largest absolute Gasteiger partial charge is 0.299 e. The summed E-state index contributed by atoms with van der Waals surface area (Å²) in [7, 11) is 0. The van der Waals surface area contributed by atoms with Crippen LogP contribution in [0.3, 0.4) is 0 Å². The maximum absolute atomic E-state index is 10.3. The summed E-state index contributed by atoms with van der Waals surface area (Å²) in [5.74, 6) is 0. The number of aldehydes is 1. The topological polar surface area (TPSA) is 17.1 Å². The molecule has 11 heavy (non-hydrogen) atoms. The quantitative estimate of drug-likeness (QED) is 0.449. The Morgan fingerprint density at radius 1 is 1.36 bits per heavy atom. The molecule has 1 heteroatoms. The van der Waals surface area contributed by atoms with E-state index in [1.807, 2.05) is 0 Å². The molecule has 0 aromatic carbocycles. The standard InChI is InChI=1S/C10H18O/c1-5-9(7-8-11)10(3,4)6-2/h7-8H,5-6H2,1-4H3/b9-7+. The van der Waals surface area contributed by atoms with Crippen LogP contribution in [0.25, 0.3) is 0 Å². The van der Waals surface area contributed by atoms with Crippen molar-refractivity contribution in [3.63, 3.8) is 0 Å². The molecular formula is C10H18O. The maximum Gasteiger partial charge on any atom is 0.142 e. The summed E-state index contributed by atoms with van der Waals surface area (Å²) in [6, 6.07) is 0. The summed E-state index contributed by atoms with van der Waals surface area (Å²) in [6.07, 6.45) is 4.64. The highest BCUT2D eigenvalue weighted by Crippen LogP contribution is 2.31. The third-order valence-corrected chi connectivity index (χ3v) is 2.40. The summed E-state index contributed by atoms with van der Waals surface area (Å²) < 4.78 is 0. The third-order valence-electron chi connectivity index (χ3n) is 2.40. The zero-order valence-corrected chi connectivity index (χ0v) is 7.98. The fourth-order valence-electron chi connectivity index (χ4n) is 1.13. The first-order valence-corrected chi connectivity index (χ1v) is 4.23. The Kier molecular flexibility index (Phi) is 4.09. The molecule has 0 radical (unpaired) electrons. The molecule has 0 unspecified atom stereocenters. The summed E-state index contributed by atoms with van der Waals surface area (Å²) >= 11 is 0. The molecule has 0 spiro atoms. The maximum atomic E-state index is 10.3. The minimum absolute atomic E-state index is 0.190. The van der Waals surface area contributed by atoms with E-state index in [1.165, 1.54) is 5.57 Å². The Hall–Kier alpha value is -0.590. The molecule has 1 nitrogen and oxygen atoms in total. The van der Waals surface area contributed by atoms with Crippen LogP contribution in [-0.2, 0) is 4.79 Å². The van der Waals surface area contributed by atoms with E-state index < -0.39 is 0 Å². The van der Waals surface area contributed by atoms with Crippen molar-refractivity contribution in [2.45, 2.75) is 40.5 Å². The van der Waals surface area contributed by atoms with E-state index in [4.69, 9.17) is 0 Å². The van der Waals surface area contributed by atoms with Gasteiger partial charge < -0.3 is 0 Å². The zero-order valence-electron chi connectivity index (χ0n) is 7.98. The molecule has 64 valence electrons. The van der Waals surface area contributed by atoms with E-state index in [2.05, 4.69) is 27.7 Å². The van der Waals surface area contributed by atoms with E-state index in [0.29, 0.717) is 0 Å². The molecule has 0 saturated heterocycles. The molecule has 0 amide bonds. The van der Waals surface area contributed by atoms with Gasteiger partial charge in [0.05, 0.1) is 0 Å². The highest BCUT2D eigenvalue weighted by molar-refractivity contribution is 5.66. The molecular weight excluding hydrogens is 136 g/mol. The van der Waals surface area contributed by atoms with Gasteiger partial charge in [0.2, 0.25) is 0 Å². The second-order valence-electron chi connectivity index (χ2n) is 3.42. The van der Waals surface area contributed by atoms with Gasteiger partial charge in [-0.05, 0) is 24.3 Å². The van der Waals surface area contributed by atoms with Crippen molar-refractivity contribution in [2.75, 3.05) is 0 Å². The zero-order chi connectivity index (χ0) is 8.91. The van der Waals surface area contributed by atoms with Crippen LogP contribution in [0.1, 0.15) is 40.5 Å². The third kappa shape index (κ3) is 2.87. The minimum Gasteiger partial charge on any atom is -0.299 e. The highest BCUT2D eigenvalue weighted by Gasteiger charge is 2.18.